The fourth-order valence-electron chi connectivity index (χ4n) is 3.55. The normalized spacial score (nSPS) is 40.1. The van der Waals surface area contributed by atoms with Crippen LogP contribution in [0.4, 0.5) is 0 Å². The molecule has 0 radical (unpaired) electrons. The zero-order chi connectivity index (χ0) is 23.4. The Bertz CT molecular complexity index is 727. The second-order valence-corrected chi connectivity index (χ2v) is 7.80. The Kier molecular flexibility index (Phi) is 8.58. The Morgan fingerprint density at radius 1 is 0.781 bits per heavy atom. The Labute approximate surface area is 184 Å². The van der Waals surface area contributed by atoms with Gasteiger partial charge < -0.3 is 54.7 Å². The van der Waals surface area contributed by atoms with Crippen molar-refractivity contribution in [1.29, 1.82) is 0 Å². The van der Waals surface area contributed by atoms with Gasteiger partial charge in [-0.25, -0.2) is 0 Å². The Morgan fingerprint density at radius 2 is 1.34 bits per heavy atom. The second-order valence-electron chi connectivity index (χ2n) is 7.80. The van der Waals surface area contributed by atoms with Crippen molar-refractivity contribution in [1.82, 2.24) is 0 Å². The number of hydrogen-bond donors (Lipinski definition) is 7. The number of rotatable bonds is 8. The molecule has 2 aliphatic heterocycles. The van der Waals surface area contributed by atoms with Crippen LogP contribution in [0.2, 0.25) is 0 Å². The lowest BCUT2D eigenvalue weighted by Gasteiger charge is -2.42. The van der Waals surface area contributed by atoms with Crippen molar-refractivity contribution in [2.24, 2.45) is 0 Å². The first-order valence-corrected chi connectivity index (χ1v) is 10.2. The van der Waals surface area contributed by atoms with Gasteiger partial charge in [0.2, 0.25) is 6.29 Å². The quantitative estimate of drug-likeness (QED) is 0.203. The van der Waals surface area contributed by atoms with Crippen molar-refractivity contribution >= 4 is 0 Å². The Hall–Kier alpha value is -1.64. The van der Waals surface area contributed by atoms with Crippen molar-refractivity contribution in [3.05, 3.63) is 42.5 Å². The van der Waals surface area contributed by atoms with Gasteiger partial charge >= 0.3 is 0 Å². The maximum Gasteiger partial charge on any atom is 0.229 e. The number of aliphatic hydroxyl groups excluding tert-OH is 7. The summed E-state index contributed by atoms with van der Waals surface area (Å²) in [5.74, 6) is 0.360. The van der Waals surface area contributed by atoms with Gasteiger partial charge in [0.05, 0.1) is 13.2 Å². The average Bonchev–Trinajstić information content (AvgIpc) is 2.79. The molecule has 11 heteroatoms. The molecule has 2 saturated heterocycles. The molecule has 2 heterocycles. The van der Waals surface area contributed by atoms with Crippen molar-refractivity contribution in [2.45, 2.75) is 67.8 Å². The lowest BCUT2D eigenvalue weighted by molar-refractivity contribution is -0.323. The highest BCUT2D eigenvalue weighted by Crippen LogP contribution is 2.27. The molecule has 0 aromatic heterocycles. The van der Waals surface area contributed by atoms with E-state index in [4.69, 9.17) is 18.9 Å². The largest absolute Gasteiger partial charge is 0.462 e. The predicted molar refractivity (Wildman–Crippen MR) is 107 cm³/mol. The maximum atomic E-state index is 10.3. The summed E-state index contributed by atoms with van der Waals surface area (Å²) in [4.78, 5) is 0. The fourth-order valence-corrected chi connectivity index (χ4v) is 3.55. The maximum absolute atomic E-state index is 10.3. The molecule has 0 amide bonds. The third kappa shape index (κ3) is 5.46. The SMILES string of the molecule is C=CCc1ccc(O[C@H]2O[C@@H](CO[C@@H]3O[C@H](CO)[C@@H](O)[C@H](O)[C@@H]3O)[C@@H](O)[C@H](O)[C@@H]2O)cc1. The van der Waals surface area contributed by atoms with Gasteiger partial charge in [0.25, 0.3) is 0 Å². The molecule has 0 aliphatic carbocycles. The molecule has 1 aromatic rings. The average molecular weight is 458 g/mol. The van der Waals surface area contributed by atoms with E-state index in [-0.39, 0.29) is 0 Å². The van der Waals surface area contributed by atoms with Crippen LogP contribution in [0.1, 0.15) is 5.56 Å². The third-order valence-corrected chi connectivity index (χ3v) is 5.50. The number of hydrogen-bond acceptors (Lipinski definition) is 11. The van der Waals surface area contributed by atoms with Crippen LogP contribution in [0.25, 0.3) is 0 Å². The standard InChI is InChI=1S/C21H30O11/c1-2-3-10-4-6-11(7-5-10)30-21-19(28)17(26)15(24)13(32-21)9-29-20-18(27)16(25)14(23)12(8-22)31-20/h2,4-7,12-28H,1,3,8-9H2/t12-,13+,14-,15-,16+,17+,18+,19+,20-,21+/m1/s1. The van der Waals surface area contributed by atoms with Crippen molar-refractivity contribution in [3.63, 3.8) is 0 Å². The zero-order valence-corrected chi connectivity index (χ0v) is 17.3. The van der Waals surface area contributed by atoms with Crippen molar-refractivity contribution in [2.75, 3.05) is 13.2 Å². The van der Waals surface area contributed by atoms with Gasteiger partial charge in [0.1, 0.15) is 54.6 Å². The predicted octanol–water partition coefficient (Wildman–Crippen LogP) is -2.58. The number of benzene rings is 1. The summed E-state index contributed by atoms with van der Waals surface area (Å²) >= 11 is 0. The molecule has 1 aromatic carbocycles. The summed E-state index contributed by atoms with van der Waals surface area (Å²) in [6.07, 6.45) is -12.2. The van der Waals surface area contributed by atoms with Crippen LogP contribution < -0.4 is 4.74 Å². The molecular formula is C21H30O11. The van der Waals surface area contributed by atoms with Gasteiger partial charge in [0.15, 0.2) is 6.29 Å². The molecule has 180 valence electrons. The van der Waals surface area contributed by atoms with Gasteiger partial charge in [-0.2, -0.15) is 0 Å². The van der Waals surface area contributed by atoms with Gasteiger partial charge in [-0.3, -0.25) is 0 Å². The monoisotopic (exact) mass is 458 g/mol. The highest BCUT2D eigenvalue weighted by atomic mass is 16.7. The van der Waals surface area contributed by atoms with Crippen molar-refractivity contribution < 1.29 is 54.7 Å². The van der Waals surface area contributed by atoms with Crippen LogP contribution >= 0.6 is 0 Å². The van der Waals surface area contributed by atoms with Gasteiger partial charge in [-0.05, 0) is 24.1 Å². The van der Waals surface area contributed by atoms with E-state index in [2.05, 4.69) is 6.58 Å². The molecular weight excluding hydrogens is 428 g/mol. The summed E-state index contributed by atoms with van der Waals surface area (Å²) < 4.78 is 21.8. The summed E-state index contributed by atoms with van der Waals surface area (Å²) in [6, 6.07) is 6.92. The minimum atomic E-state index is -1.63. The zero-order valence-electron chi connectivity index (χ0n) is 17.3. The molecule has 3 rings (SSSR count). The lowest BCUT2D eigenvalue weighted by atomic mass is 9.98. The van der Waals surface area contributed by atoms with E-state index >= 15 is 0 Å². The first-order valence-electron chi connectivity index (χ1n) is 10.2. The van der Waals surface area contributed by atoms with E-state index in [0.29, 0.717) is 12.2 Å². The first-order chi connectivity index (χ1) is 15.3. The van der Waals surface area contributed by atoms with Crippen LogP contribution in [0.3, 0.4) is 0 Å². The molecule has 0 unspecified atom stereocenters. The van der Waals surface area contributed by atoms with E-state index in [1.54, 1.807) is 30.3 Å². The molecule has 0 saturated carbocycles. The molecule has 2 fully saturated rings. The molecule has 0 bridgehead atoms. The molecule has 7 N–H and O–H groups in total. The van der Waals surface area contributed by atoms with E-state index in [0.717, 1.165) is 5.56 Å². The minimum absolute atomic E-state index is 0.360. The molecule has 11 nitrogen and oxygen atoms in total. The molecule has 2 aliphatic rings. The van der Waals surface area contributed by atoms with Crippen molar-refractivity contribution in [3.8, 4) is 5.75 Å². The smallest absolute Gasteiger partial charge is 0.229 e. The van der Waals surface area contributed by atoms with E-state index in [9.17, 15) is 35.7 Å². The lowest BCUT2D eigenvalue weighted by Crippen LogP contribution is -2.62. The summed E-state index contributed by atoms with van der Waals surface area (Å²) in [7, 11) is 0. The van der Waals surface area contributed by atoms with Crippen LogP contribution in [0, 0.1) is 0 Å². The summed E-state index contributed by atoms with van der Waals surface area (Å²) in [6.45, 7) is 2.62. The highest BCUT2D eigenvalue weighted by molar-refractivity contribution is 5.28. The number of ether oxygens (including phenoxy) is 4. The fraction of sp³-hybridized carbons (Fsp3) is 0.619. The van der Waals surface area contributed by atoms with Gasteiger partial charge in [-0.15, -0.1) is 6.58 Å². The topological polar surface area (TPSA) is 179 Å². The minimum Gasteiger partial charge on any atom is -0.462 e. The van der Waals surface area contributed by atoms with Crippen LogP contribution in [-0.4, -0.2) is 110 Å². The number of aliphatic hydroxyl groups is 7. The third-order valence-electron chi connectivity index (χ3n) is 5.50. The number of allylic oxidation sites excluding steroid dienone is 1. The Balaban J connectivity index is 1.62. The molecule has 0 spiro atoms. The highest BCUT2D eigenvalue weighted by Gasteiger charge is 2.47. The van der Waals surface area contributed by atoms with Crippen LogP contribution in [0.5, 0.6) is 5.75 Å². The second kappa shape index (κ2) is 11.0. The van der Waals surface area contributed by atoms with E-state index < -0.39 is 74.6 Å². The van der Waals surface area contributed by atoms with Crippen LogP contribution in [-0.2, 0) is 20.6 Å². The Morgan fingerprint density at radius 3 is 1.94 bits per heavy atom. The summed E-state index contributed by atoms with van der Waals surface area (Å²) in [5.41, 5.74) is 0.999. The first kappa shape index (κ1) is 25.0. The van der Waals surface area contributed by atoms with Gasteiger partial charge in [0, 0.05) is 0 Å². The van der Waals surface area contributed by atoms with Crippen LogP contribution in [0.15, 0.2) is 36.9 Å². The van der Waals surface area contributed by atoms with E-state index in [1.165, 1.54) is 0 Å². The van der Waals surface area contributed by atoms with Gasteiger partial charge in [-0.1, -0.05) is 18.2 Å². The van der Waals surface area contributed by atoms with E-state index in [1.807, 2.05) is 0 Å². The summed E-state index contributed by atoms with van der Waals surface area (Å²) in [5, 5.41) is 69.7. The molecule has 10 atom stereocenters. The molecule has 32 heavy (non-hydrogen) atoms.